The molecule has 1 atom stereocenters. The van der Waals surface area contributed by atoms with Crippen LogP contribution in [0.2, 0.25) is 0 Å². The number of ether oxygens (including phenoxy) is 1. The third-order valence-electron chi connectivity index (χ3n) is 1.50. The first-order chi connectivity index (χ1) is 6.61. The van der Waals surface area contributed by atoms with E-state index in [4.69, 9.17) is 10.5 Å². The molecule has 0 aliphatic heterocycles. The SMILES string of the molecule is CC(=O)OC(C(N)=O)c1ccccn1. The summed E-state index contributed by atoms with van der Waals surface area (Å²) in [5, 5.41) is 0. The molecule has 74 valence electrons. The molecule has 5 heteroatoms. The lowest BCUT2D eigenvalue weighted by molar-refractivity contribution is -0.153. The van der Waals surface area contributed by atoms with Crippen molar-refractivity contribution in [3.05, 3.63) is 30.1 Å². The number of hydrogen-bond acceptors (Lipinski definition) is 4. The normalized spacial score (nSPS) is 11.8. The van der Waals surface area contributed by atoms with E-state index in [2.05, 4.69) is 4.98 Å². The van der Waals surface area contributed by atoms with Crippen LogP contribution in [0, 0.1) is 0 Å². The first-order valence-electron chi connectivity index (χ1n) is 3.98. The zero-order valence-electron chi connectivity index (χ0n) is 7.64. The number of hydrogen-bond donors (Lipinski definition) is 1. The van der Waals surface area contributed by atoms with Crippen molar-refractivity contribution >= 4 is 11.9 Å². The fourth-order valence-corrected chi connectivity index (χ4v) is 0.961. The van der Waals surface area contributed by atoms with E-state index in [9.17, 15) is 9.59 Å². The third-order valence-corrected chi connectivity index (χ3v) is 1.50. The van der Waals surface area contributed by atoms with Gasteiger partial charge in [0.25, 0.3) is 5.91 Å². The van der Waals surface area contributed by atoms with Gasteiger partial charge in [0.1, 0.15) is 0 Å². The van der Waals surface area contributed by atoms with Crippen molar-refractivity contribution in [1.82, 2.24) is 4.98 Å². The quantitative estimate of drug-likeness (QED) is 0.695. The number of esters is 1. The average Bonchev–Trinajstić information content (AvgIpc) is 2.15. The molecule has 1 aromatic rings. The molecular weight excluding hydrogens is 184 g/mol. The molecule has 14 heavy (non-hydrogen) atoms. The second-order valence-electron chi connectivity index (χ2n) is 2.65. The number of amides is 1. The summed E-state index contributed by atoms with van der Waals surface area (Å²) >= 11 is 0. The summed E-state index contributed by atoms with van der Waals surface area (Å²) < 4.78 is 4.72. The zero-order valence-corrected chi connectivity index (χ0v) is 7.64. The highest BCUT2D eigenvalue weighted by Crippen LogP contribution is 2.13. The first-order valence-corrected chi connectivity index (χ1v) is 3.98. The molecule has 1 aromatic heterocycles. The third kappa shape index (κ3) is 2.55. The van der Waals surface area contributed by atoms with Crippen LogP contribution in [0.4, 0.5) is 0 Å². The maximum Gasteiger partial charge on any atom is 0.303 e. The lowest BCUT2D eigenvalue weighted by Gasteiger charge is -2.11. The van der Waals surface area contributed by atoms with E-state index in [-0.39, 0.29) is 0 Å². The highest BCUT2D eigenvalue weighted by atomic mass is 16.5. The van der Waals surface area contributed by atoms with Gasteiger partial charge in [0.05, 0.1) is 5.69 Å². The second-order valence-corrected chi connectivity index (χ2v) is 2.65. The van der Waals surface area contributed by atoms with Crippen LogP contribution in [-0.2, 0) is 14.3 Å². The standard InChI is InChI=1S/C9H10N2O3/c1-6(12)14-8(9(10)13)7-4-2-3-5-11-7/h2-5,8H,1H3,(H2,10,13). The fraction of sp³-hybridized carbons (Fsp3) is 0.222. The summed E-state index contributed by atoms with van der Waals surface area (Å²) in [6.07, 6.45) is 0.392. The average molecular weight is 194 g/mol. The predicted octanol–water partition coefficient (Wildman–Crippen LogP) is 0.171. The number of primary amides is 1. The highest BCUT2D eigenvalue weighted by molar-refractivity contribution is 5.82. The van der Waals surface area contributed by atoms with Crippen molar-refractivity contribution in [3.8, 4) is 0 Å². The van der Waals surface area contributed by atoms with Gasteiger partial charge in [-0.05, 0) is 12.1 Å². The number of nitrogens with two attached hydrogens (primary N) is 1. The lowest BCUT2D eigenvalue weighted by Crippen LogP contribution is -2.26. The Morgan fingerprint density at radius 3 is 2.64 bits per heavy atom. The topological polar surface area (TPSA) is 82.3 Å². The maximum atomic E-state index is 10.9. The molecule has 0 aromatic carbocycles. The lowest BCUT2D eigenvalue weighted by atomic mass is 10.2. The van der Waals surface area contributed by atoms with Gasteiger partial charge in [0.15, 0.2) is 0 Å². The number of carbonyl (C=O) groups is 2. The summed E-state index contributed by atoms with van der Waals surface area (Å²) in [5.74, 6) is -1.31. The minimum atomic E-state index is -1.10. The van der Waals surface area contributed by atoms with E-state index in [1.165, 1.54) is 13.1 Å². The molecule has 1 heterocycles. The largest absolute Gasteiger partial charge is 0.446 e. The van der Waals surface area contributed by atoms with Crippen LogP contribution in [-0.4, -0.2) is 16.9 Å². The van der Waals surface area contributed by atoms with Crippen LogP contribution in [0.3, 0.4) is 0 Å². The molecule has 0 aliphatic carbocycles. The van der Waals surface area contributed by atoms with Crippen molar-refractivity contribution in [2.75, 3.05) is 0 Å². The minimum absolute atomic E-state index is 0.329. The van der Waals surface area contributed by atoms with Gasteiger partial charge in [-0.1, -0.05) is 6.07 Å². The molecule has 0 aliphatic rings. The Morgan fingerprint density at radius 2 is 2.21 bits per heavy atom. The number of aromatic nitrogens is 1. The number of rotatable bonds is 3. The van der Waals surface area contributed by atoms with Gasteiger partial charge < -0.3 is 10.5 Å². The van der Waals surface area contributed by atoms with Crippen molar-refractivity contribution in [2.24, 2.45) is 5.73 Å². The molecule has 2 N–H and O–H groups in total. The summed E-state index contributed by atoms with van der Waals surface area (Å²) in [4.78, 5) is 25.5. The molecule has 0 saturated carbocycles. The van der Waals surface area contributed by atoms with E-state index in [0.717, 1.165) is 0 Å². The first kappa shape index (κ1) is 10.2. The molecular formula is C9H10N2O3. The van der Waals surface area contributed by atoms with Crippen LogP contribution < -0.4 is 5.73 Å². The Labute approximate surface area is 80.9 Å². The van der Waals surface area contributed by atoms with Gasteiger partial charge >= 0.3 is 5.97 Å². The summed E-state index contributed by atoms with van der Waals surface area (Å²) in [5.41, 5.74) is 5.39. The second kappa shape index (κ2) is 4.36. The van der Waals surface area contributed by atoms with E-state index < -0.39 is 18.0 Å². The van der Waals surface area contributed by atoms with Crippen LogP contribution in [0.1, 0.15) is 18.7 Å². The number of nitrogens with zero attached hydrogens (tertiary/aromatic N) is 1. The number of pyridine rings is 1. The highest BCUT2D eigenvalue weighted by Gasteiger charge is 2.21. The van der Waals surface area contributed by atoms with E-state index in [1.54, 1.807) is 18.2 Å². The van der Waals surface area contributed by atoms with E-state index in [0.29, 0.717) is 5.69 Å². The smallest absolute Gasteiger partial charge is 0.303 e. The molecule has 1 rings (SSSR count). The number of carbonyl (C=O) groups excluding carboxylic acids is 2. The molecule has 0 spiro atoms. The zero-order chi connectivity index (χ0) is 10.6. The van der Waals surface area contributed by atoms with Gasteiger partial charge in [-0.15, -0.1) is 0 Å². The van der Waals surface area contributed by atoms with Gasteiger partial charge in [-0.2, -0.15) is 0 Å². The Bertz CT molecular complexity index is 337. The van der Waals surface area contributed by atoms with Crippen LogP contribution in [0.15, 0.2) is 24.4 Å². The molecule has 0 fully saturated rings. The maximum absolute atomic E-state index is 10.9. The Hall–Kier alpha value is -1.91. The molecule has 5 nitrogen and oxygen atoms in total. The predicted molar refractivity (Wildman–Crippen MR) is 47.9 cm³/mol. The molecule has 0 radical (unpaired) electrons. The Morgan fingerprint density at radius 1 is 1.50 bits per heavy atom. The van der Waals surface area contributed by atoms with Crippen LogP contribution in [0.5, 0.6) is 0 Å². The Kier molecular flexibility index (Phi) is 3.17. The molecule has 0 saturated heterocycles. The minimum Gasteiger partial charge on any atom is -0.446 e. The van der Waals surface area contributed by atoms with Crippen LogP contribution >= 0.6 is 0 Å². The molecule has 0 bridgehead atoms. The van der Waals surface area contributed by atoms with E-state index >= 15 is 0 Å². The van der Waals surface area contributed by atoms with Gasteiger partial charge in [0, 0.05) is 13.1 Å². The summed E-state index contributed by atoms with van der Waals surface area (Å²) in [6, 6.07) is 4.94. The monoisotopic (exact) mass is 194 g/mol. The summed E-state index contributed by atoms with van der Waals surface area (Å²) in [6.45, 7) is 1.21. The fourth-order valence-electron chi connectivity index (χ4n) is 0.961. The van der Waals surface area contributed by atoms with Crippen molar-refractivity contribution in [1.29, 1.82) is 0 Å². The van der Waals surface area contributed by atoms with E-state index in [1.807, 2.05) is 0 Å². The molecule has 1 amide bonds. The van der Waals surface area contributed by atoms with Crippen molar-refractivity contribution in [2.45, 2.75) is 13.0 Å². The summed E-state index contributed by atoms with van der Waals surface area (Å²) in [7, 11) is 0. The van der Waals surface area contributed by atoms with Gasteiger partial charge in [-0.3, -0.25) is 14.6 Å². The van der Waals surface area contributed by atoms with Crippen LogP contribution in [0.25, 0.3) is 0 Å². The van der Waals surface area contributed by atoms with Gasteiger partial charge in [0.2, 0.25) is 6.10 Å². The van der Waals surface area contributed by atoms with Gasteiger partial charge in [-0.25, -0.2) is 0 Å². The van der Waals surface area contributed by atoms with Crippen molar-refractivity contribution in [3.63, 3.8) is 0 Å². The van der Waals surface area contributed by atoms with Crippen molar-refractivity contribution < 1.29 is 14.3 Å². The Balaban J connectivity index is 2.89. The molecule has 1 unspecified atom stereocenters.